The van der Waals surface area contributed by atoms with Crippen LogP contribution < -0.4 is 5.73 Å². The van der Waals surface area contributed by atoms with Gasteiger partial charge < -0.3 is 10.6 Å². The summed E-state index contributed by atoms with van der Waals surface area (Å²) in [7, 11) is 0. The van der Waals surface area contributed by atoms with E-state index in [1.54, 1.807) is 13.8 Å². The molecule has 0 radical (unpaired) electrons. The molecule has 0 heterocycles. The molecule has 1 amide bonds. The van der Waals surface area contributed by atoms with Crippen molar-refractivity contribution in [2.24, 2.45) is 5.92 Å². The average Bonchev–Trinajstić information content (AvgIpc) is 2.29. The Bertz CT molecular complexity index is 533. The molecule has 2 N–H and O–H groups in total. The molecular weight excluding hydrogens is 328 g/mol. The van der Waals surface area contributed by atoms with Crippen LogP contribution in [0.2, 0.25) is 10.0 Å². The first-order chi connectivity index (χ1) is 9.51. The molecule has 118 valence electrons. The van der Waals surface area contributed by atoms with Crippen molar-refractivity contribution in [3.05, 3.63) is 27.7 Å². The first-order valence-corrected chi connectivity index (χ1v) is 6.87. The van der Waals surface area contributed by atoms with Gasteiger partial charge in [0, 0.05) is 12.2 Å². The highest BCUT2D eigenvalue weighted by atomic mass is 35.5. The van der Waals surface area contributed by atoms with Crippen LogP contribution in [0.5, 0.6) is 0 Å². The van der Waals surface area contributed by atoms with Gasteiger partial charge in [0.15, 0.2) is 0 Å². The molecule has 0 saturated heterocycles. The largest absolute Gasteiger partial charge is 0.406 e. The van der Waals surface area contributed by atoms with E-state index in [1.807, 2.05) is 0 Å². The molecular formula is C13H15Cl2F3N2O. The maximum absolute atomic E-state index is 12.6. The van der Waals surface area contributed by atoms with Gasteiger partial charge in [-0.3, -0.25) is 4.79 Å². The quantitative estimate of drug-likeness (QED) is 0.832. The van der Waals surface area contributed by atoms with Crippen LogP contribution in [0.3, 0.4) is 0 Å². The summed E-state index contributed by atoms with van der Waals surface area (Å²) in [5.74, 6) is -0.980. The van der Waals surface area contributed by atoms with E-state index in [2.05, 4.69) is 0 Å². The predicted octanol–water partition coefficient (Wildman–Crippen LogP) is 4.24. The summed E-state index contributed by atoms with van der Waals surface area (Å²) in [4.78, 5) is 13.0. The summed E-state index contributed by atoms with van der Waals surface area (Å²) in [6, 6.07) is 2.55. The second-order valence-corrected chi connectivity index (χ2v) is 5.84. The van der Waals surface area contributed by atoms with Gasteiger partial charge in [0.2, 0.25) is 0 Å². The Morgan fingerprint density at radius 1 is 1.33 bits per heavy atom. The van der Waals surface area contributed by atoms with Crippen LogP contribution in [0.1, 0.15) is 24.2 Å². The Labute approximate surface area is 130 Å². The number of nitrogens with two attached hydrogens (primary N) is 1. The van der Waals surface area contributed by atoms with Gasteiger partial charge in [-0.25, -0.2) is 0 Å². The molecule has 0 fully saturated rings. The van der Waals surface area contributed by atoms with Gasteiger partial charge in [-0.2, -0.15) is 13.2 Å². The topological polar surface area (TPSA) is 46.3 Å². The zero-order valence-corrected chi connectivity index (χ0v) is 13.0. The lowest BCUT2D eigenvalue weighted by molar-refractivity contribution is -0.141. The van der Waals surface area contributed by atoms with Crippen LogP contribution in [0.15, 0.2) is 12.1 Å². The summed E-state index contributed by atoms with van der Waals surface area (Å²) in [5, 5.41) is -0.0803. The van der Waals surface area contributed by atoms with Crippen molar-refractivity contribution in [2.45, 2.75) is 20.0 Å². The summed E-state index contributed by atoms with van der Waals surface area (Å²) in [6.07, 6.45) is -4.50. The first-order valence-electron chi connectivity index (χ1n) is 6.11. The second kappa shape index (κ2) is 6.75. The molecule has 1 aromatic rings. The average molecular weight is 343 g/mol. The van der Waals surface area contributed by atoms with E-state index < -0.39 is 18.6 Å². The Balaban J connectivity index is 3.16. The number of amides is 1. The van der Waals surface area contributed by atoms with Gasteiger partial charge in [-0.15, -0.1) is 0 Å². The first kappa shape index (κ1) is 17.9. The highest BCUT2D eigenvalue weighted by Gasteiger charge is 2.34. The molecule has 0 aliphatic heterocycles. The third-order valence-electron chi connectivity index (χ3n) is 2.52. The molecule has 0 aliphatic carbocycles. The molecule has 1 aromatic carbocycles. The van der Waals surface area contributed by atoms with Crippen LogP contribution >= 0.6 is 23.2 Å². The monoisotopic (exact) mass is 342 g/mol. The normalized spacial score (nSPS) is 11.8. The van der Waals surface area contributed by atoms with Crippen molar-refractivity contribution in [3.63, 3.8) is 0 Å². The van der Waals surface area contributed by atoms with Crippen molar-refractivity contribution < 1.29 is 18.0 Å². The lowest BCUT2D eigenvalue weighted by Crippen LogP contribution is -2.41. The van der Waals surface area contributed by atoms with E-state index in [0.29, 0.717) is 4.90 Å². The standard InChI is InChI=1S/C13H15Cl2F3N2O/c1-7(2)5-20(6-13(16,17)18)12(21)9-3-8(19)4-10(14)11(9)15/h3-4,7H,5-6,19H2,1-2H3. The molecule has 8 heteroatoms. The summed E-state index contributed by atoms with van der Waals surface area (Å²) >= 11 is 11.7. The molecule has 0 aromatic heterocycles. The van der Waals surface area contributed by atoms with E-state index in [1.165, 1.54) is 12.1 Å². The van der Waals surface area contributed by atoms with Crippen LogP contribution in [0.4, 0.5) is 18.9 Å². The van der Waals surface area contributed by atoms with E-state index >= 15 is 0 Å². The third kappa shape index (κ3) is 5.28. The van der Waals surface area contributed by atoms with Crippen molar-refractivity contribution in [2.75, 3.05) is 18.8 Å². The smallest absolute Gasteiger partial charge is 0.399 e. The third-order valence-corrected chi connectivity index (χ3v) is 3.33. The Hall–Kier alpha value is -1.14. The number of benzene rings is 1. The van der Waals surface area contributed by atoms with Crippen molar-refractivity contribution in [1.82, 2.24) is 4.90 Å². The van der Waals surface area contributed by atoms with E-state index in [4.69, 9.17) is 28.9 Å². The number of anilines is 1. The molecule has 0 aliphatic rings. The minimum Gasteiger partial charge on any atom is -0.399 e. The second-order valence-electron chi connectivity index (χ2n) is 5.06. The minimum atomic E-state index is -4.50. The fourth-order valence-corrected chi connectivity index (χ4v) is 2.23. The zero-order chi connectivity index (χ0) is 16.4. The van der Waals surface area contributed by atoms with Gasteiger partial charge in [0.05, 0.1) is 15.6 Å². The Kier molecular flexibility index (Phi) is 5.75. The van der Waals surface area contributed by atoms with Crippen LogP contribution in [0, 0.1) is 5.92 Å². The molecule has 0 unspecified atom stereocenters. The number of carbonyl (C=O) groups excluding carboxylic acids is 1. The Morgan fingerprint density at radius 2 is 1.90 bits per heavy atom. The van der Waals surface area contributed by atoms with Crippen LogP contribution in [-0.2, 0) is 0 Å². The molecule has 1 rings (SSSR count). The maximum atomic E-state index is 12.6. The van der Waals surface area contributed by atoms with Crippen LogP contribution in [-0.4, -0.2) is 30.1 Å². The molecule has 21 heavy (non-hydrogen) atoms. The Morgan fingerprint density at radius 3 is 2.38 bits per heavy atom. The lowest BCUT2D eigenvalue weighted by Gasteiger charge is -2.26. The van der Waals surface area contributed by atoms with E-state index in [9.17, 15) is 18.0 Å². The van der Waals surface area contributed by atoms with E-state index in [-0.39, 0.29) is 33.8 Å². The van der Waals surface area contributed by atoms with Crippen molar-refractivity contribution >= 4 is 34.8 Å². The molecule has 0 saturated carbocycles. The zero-order valence-electron chi connectivity index (χ0n) is 11.5. The highest BCUT2D eigenvalue weighted by molar-refractivity contribution is 6.44. The summed E-state index contributed by atoms with van der Waals surface area (Å²) in [6.45, 7) is 2.02. The molecule has 0 atom stereocenters. The fraction of sp³-hybridized carbons (Fsp3) is 0.462. The van der Waals surface area contributed by atoms with Gasteiger partial charge >= 0.3 is 6.18 Å². The predicted molar refractivity (Wildman–Crippen MR) is 77.7 cm³/mol. The van der Waals surface area contributed by atoms with Crippen molar-refractivity contribution in [1.29, 1.82) is 0 Å². The molecule has 0 bridgehead atoms. The summed E-state index contributed by atoms with van der Waals surface area (Å²) in [5.41, 5.74) is 5.58. The van der Waals surface area contributed by atoms with Crippen LogP contribution in [0.25, 0.3) is 0 Å². The van der Waals surface area contributed by atoms with Gasteiger partial charge in [-0.1, -0.05) is 37.0 Å². The highest BCUT2D eigenvalue weighted by Crippen LogP contribution is 2.30. The molecule has 0 spiro atoms. The number of hydrogen-bond acceptors (Lipinski definition) is 2. The minimum absolute atomic E-state index is 0.0246. The fourth-order valence-electron chi connectivity index (χ4n) is 1.81. The molecule has 3 nitrogen and oxygen atoms in total. The number of carbonyl (C=O) groups is 1. The van der Waals surface area contributed by atoms with E-state index in [0.717, 1.165) is 0 Å². The number of rotatable bonds is 4. The number of alkyl halides is 3. The summed E-state index contributed by atoms with van der Waals surface area (Å²) < 4.78 is 37.8. The van der Waals surface area contributed by atoms with Gasteiger partial charge in [0.1, 0.15) is 6.54 Å². The van der Waals surface area contributed by atoms with Gasteiger partial charge in [-0.05, 0) is 18.1 Å². The van der Waals surface area contributed by atoms with Crippen molar-refractivity contribution in [3.8, 4) is 0 Å². The maximum Gasteiger partial charge on any atom is 0.406 e. The SMILES string of the molecule is CC(C)CN(CC(F)(F)F)C(=O)c1cc(N)cc(Cl)c1Cl. The number of nitrogen functional groups attached to an aromatic ring is 1. The number of hydrogen-bond donors (Lipinski definition) is 1. The van der Waals surface area contributed by atoms with Gasteiger partial charge in [0.25, 0.3) is 5.91 Å². The number of nitrogens with zero attached hydrogens (tertiary/aromatic N) is 1. The lowest BCUT2D eigenvalue weighted by atomic mass is 10.1. The number of halogens is 5.